The second kappa shape index (κ2) is 5.32. The topological polar surface area (TPSA) is 23.8 Å². The first-order valence-electron chi connectivity index (χ1n) is 6.28. The highest BCUT2D eigenvalue weighted by molar-refractivity contribution is 8.20. The smallest absolute Gasteiger partial charge is 0.0991 e. The summed E-state index contributed by atoms with van der Waals surface area (Å²) in [5.41, 5.74) is 2.17. The lowest BCUT2D eigenvalue weighted by atomic mass is 10.2. The Hall–Kier alpha value is -0.373. The first kappa shape index (κ1) is 14.0. The van der Waals surface area contributed by atoms with Gasteiger partial charge >= 0.3 is 0 Å². The monoisotopic (exact) mass is 293 g/mol. The molecule has 0 N–H and O–H groups in total. The third-order valence-corrected chi connectivity index (χ3v) is 13.1. The molecule has 1 nitrogen and oxygen atoms in total. The predicted molar refractivity (Wildman–Crippen MR) is 85.7 cm³/mol. The van der Waals surface area contributed by atoms with E-state index in [4.69, 9.17) is 5.26 Å². The molecule has 18 heavy (non-hydrogen) atoms. The Kier molecular flexibility index (Phi) is 4.15. The second-order valence-electron chi connectivity index (χ2n) is 5.61. The van der Waals surface area contributed by atoms with Gasteiger partial charge in [0.2, 0.25) is 0 Å². The Morgan fingerprint density at radius 2 is 1.67 bits per heavy atom. The lowest BCUT2D eigenvalue weighted by molar-refractivity contribution is 1.06. The van der Waals surface area contributed by atoms with Gasteiger partial charge in [-0.3, -0.25) is 0 Å². The Balaban J connectivity index is 2.43. The van der Waals surface area contributed by atoms with E-state index in [9.17, 15) is 0 Å². The average Bonchev–Trinajstić information content (AvgIpc) is 2.38. The summed E-state index contributed by atoms with van der Waals surface area (Å²) in [6, 6.07) is 10.5. The van der Waals surface area contributed by atoms with E-state index in [0.29, 0.717) is 0 Å². The number of hydrogen-bond acceptors (Lipinski definition) is 3. The molecular weight excluding hydrogens is 274 g/mol. The normalized spacial score (nSPS) is 19.2. The van der Waals surface area contributed by atoms with Crippen molar-refractivity contribution in [1.82, 2.24) is 0 Å². The molecule has 0 aromatic heterocycles. The predicted octanol–water partition coefficient (Wildman–Crippen LogP) is 4.46. The highest BCUT2D eigenvalue weighted by Crippen LogP contribution is 2.55. The molecule has 1 aliphatic rings. The number of hydrogen-bond donors (Lipinski definition) is 0. The maximum absolute atomic E-state index is 8.91. The molecule has 0 amide bonds. The van der Waals surface area contributed by atoms with Gasteiger partial charge in [-0.2, -0.15) is 5.26 Å². The molecule has 0 atom stereocenters. The van der Waals surface area contributed by atoms with E-state index in [-0.39, 0.29) is 3.70 Å². The molecule has 1 heterocycles. The van der Waals surface area contributed by atoms with Gasteiger partial charge in [0.05, 0.1) is 23.4 Å². The maximum atomic E-state index is 8.91. The fourth-order valence-corrected chi connectivity index (χ4v) is 10.2. The zero-order valence-electron chi connectivity index (χ0n) is 11.2. The van der Waals surface area contributed by atoms with Crippen LogP contribution < -0.4 is 0 Å². The molecule has 4 heteroatoms. The molecule has 0 unspecified atom stereocenters. The van der Waals surface area contributed by atoms with Crippen LogP contribution in [0.15, 0.2) is 24.3 Å². The molecule has 96 valence electrons. The summed E-state index contributed by atoms with van der Waals surface area (Å²) in [6.45, 7) is 7.36. The molecule has 1 aliphatic heterocycles. The zero-order valence-corrected chi connectivity index (χ0v) is 13.8. The number of rotatable bonds is 2. The average molecular weight is 294 g/mol. The van der Waals surface area contributed by atoms with E-state index in [2.05, 4.69) is 61.4 Å². The third-order valence-electron chi connectivity index (χ3n) is 3.28. The number of benzene rings is 1. The van der Waals surface area contributed by atoms with Crippen LogP contribution in [0.3, 0.4) is 0 Å². The maximum Gasteiger partial charge on any atom is 0.0991 e. The summed E-state index contributed by atoms with van der Waals surface area (Å²) in [5, 5.41) is 8.91. The molecular formula is C14H19NS2Si. The van der Waals surface area contributed by atoms with E-state index in [1.165, 1.54) is 23.5 Å². The molecule has 2 rings (SSSR count). The minimum atomic E-state index is -1.33. The van der Waals surface area contributed by atoms with Crippen molar-refractivity contribution in [2.45, 2.75) is 29.8 Å². The number of nitriles is 1. The van der Waals surface area contributed by atoms with Gasteiger partial charge in [-0.25, -0.2) is 0 Å². The lowest BCUT2D eigenvalue weighted by Crippen LogP contribution is -2.46. The standard InChI is InChI=1S/C14H19NS2Si/c1-18(2,3)14(16-9-4-10-17-14)13-7-5-12(11-15)6-8-13/h5-8H,4,9-10H2,1-3H3. The van der Waals surface area contributed by atoms with Crippen molar-refractivity contribution in [2.24, 2.45) is 0 Å². The van der Waals surface area contributed by atoms with Crippen LogP contribution in [0.1, 0.15) is 17.5 Å². The molecule has 1 saturated heterocycles. The van der Waals surface area contributed by atoms with Crippen LogP contribution in [0.5, 0.6) is 0 Å². The van der Waals surface area contributed by atoms with Gasteiger partial charge < -0.3 is 0 Å². The second-order valence-corrected chi connectivity index (χ2v) is 14.5. The molecule has 0 aliphatic carbocycles. The van der Waals surface area contributed by atoms with Crippen LogP contribution in [-0.4, -0.2) is 19.6 Å². The highest BCUT2D eigenvalue weighted by atomic mass is 32.2. The van der Waals surface area contributed by atoms with Crippen LogP contribution in [0.4, 0.5) is 0 Å². The summed E-state index contributed by atoms with van der Waals surface area (Å²) < 4.78 is 0.263. The summed E-state index contributed by atoms with van der Waals surface area (Å²) in [5.74, 6) is 2.52. The van der Waals surface area contributed by atoms with E-state index in [1.54, 1.807) is 0 Å². The van der Waals surface area contributed by atoms with Crippen molar-refractivity contribution in [3.05, 3.63) is 35.4 Å². The summed E-state index contributed by atoms with van der Waals surface area (Å²) in [4.78, 5) is 0. The van der Waals surface area contributed by atoms with Gasteiger partial charge in [0.25, 0.3) is 0 Å². The van der Waals surface area contributed by atoms with E-state index in [0.717, 1.165) is 5.56 Å². The zero-order chi connectivity index (χ0) is 13.2. The largest absolute Gasteiger partial charge is 0.192 e. The summed E-state index contributed by atoms with van der Waals surface area (Å²) in [7, 11) is -1.33. The van der Waals surface area contributed by atoms with Gasteiger partial charge in [0.1, 0.15) is 0 Å². The molecule has 1 aromatic rings. The van der Waals surface area contributed by atoms with Gasteiger partial charge in [0, 0.05) is 0 Å². The first-order chi connectivity index (χ1) is 8.49. The van der Waals surface area contributed by atoms with Gasteiger partial charge in [-0.05, 0) is 35.6 Å². The molecule has 0 radical (unpaired) electrons. The Bertz CT molecular complexity index is 450. The number of nitrogens with zero attached hydrogens (tertiary/aromatic N) is 1. The third kappa shape index (κ3) is 2.49. The summed E-state index contributed by atoms with van der Waals surface area (Å²) >= 11 is 4.25. The van der Waals surface area contributed by atoms with Crippen molar-refractivity contribution in [2.75, 3.05) is 11.5 Å². The van der Waals surface area contributed by atoms with Crippen LogP contribution in [0.25, 0.3) is 0 Å². The molecule has 1 fully saturated rings. The van der Waals surface area contributed by atoms with Crippen molar-refractivity contribution in [3.63, 3.8) is 0 Å². The van der Waals surface area contributed by atoms with Crippen LogP contribution in [-0.2, 0) is 3.70 Å². The van der Waals surface area contributed by atoms with E-state index < -0.39 is 8.07 Å². The van der Waals surface area contributed by atoms with Gasteiger partial charge in [-0.1, -0.05) is 31.8 Å². The lowest BCUT2D eigenvalue weighted by Gasteiger charge is -2.45. The Labute approximate surface area is 119 Å². The Morgan fingerprint density at radius 3 is 2.11 bits per heavy atom. The van der Waals surface area contributed by atoms with Crippen molar-refractivity contribution < 1.29 is 0 Å². The van der Waals surface area contributed by atoms with Crippen LogP contribution >= 0.6 is 23.5 Å². The SMILES string of the molecule is C[Si](C)(C)C1(c2ccc(C#N)cc2)SCCCS1. The van der Waals surface area contributed by atoms with Gasteiger partial charge in [0.15, 0.2) is 0 Å². The van der Waals surface area contributed by atoms with E-state index >= 15 is 0 Å². The quantitative estimate of drug-likeness (QED) is 0.752. The van der Waals surface area contributed by atoms with Crippen LogP contribution in [0.2, 0.25) is 19.6 Å². The molecule has 0 spiro atoms. The fraction of sp³-hybridized carbons (Fsp3) is 0.500. The van der Waals surface area contributed by atoms with Crippen molar-refractivity contribution >= 4 is 31.6 Å². The van der Waals surface area contributed by atoms with Crippen molar-refractivity contribution in [1.29, 1.82) is 5.26 Å². The number of thioether (sulfide) groups is 2. The molecule has 1 aromatic carbocycles. The first-order valence-corrected chi connectivity index (χ1v) is 11.8. The van der Waals surface area contributed by atoms with E-state index in [1.807, 2.05) is 12.1 Å². The van der Waals surface area contributed by atoms with Crippen molar-refractivity contribution in [3.8, 4) is 6.07 Å². The Morgan fingerprint density at radius 1 is 1.11 bits per heavy atom. The molecule has 0 bridgehead atoms. The fourth-order valence-electron chi connectivity index (χ4n) is 2.33. The minimum absolute atomic E-state index is 0.263. The highest BCUT2D eigenvalue weighted by Gasteiger charge is 2.46. The van der Waals surface area contributed by atoms with Gasteiger partial charge in [-0.15, -0.1) is 23.5 Å². The summed E-state index contributed by atoms with van der Waals surface area (Å²) in [6.07, 6.45) is 1.32. The van der Waals surface area contributed by atoms with Crippen LogP contribution in [0, 0.1) is 11.3 Å². The molecule has 0 saturated carbocycles. The minimum Gasteiger partial charge on any atom is -0.192 e.